The summed E-state index contributed by atoms with van der Waals surface area (Å²) in [6.07, 6.45) is 0.963. The van der Waals surface area contributed by atoms with Crippen LogP contribution in [0.2, 0.25) is 5.02 Å². The van der Waals surface area contributed by atoms with Gasteiger partial charge in [0.1, 0.15) is 17.3 Å². The number of rotatable bonds is 11. The molecule has 0 bridgehead atoms. The van der Waals surface area contributed by atoms with E-state index in [0.717, 1.165) is 22.8 Å². The fourth-order valence-electron chi connectivity index (χ4n) is 2.65. The molecular weight excluding hydrogens is 407 g/mol. The summed E-state index contributed by atoms with van der Waals surface area (Å²) in [6.45, 7) is 11.8. The van der Waals surface area contributed by atoms with Crippen LogP contribution < -0.4 is 9.47 Å². The van der Waals surface area contributed by atoms with Gasteiger partial charge in [-0.25, -0.2) is 4.39 Å². The van der Waals surface area contributed by atoms with E-state index in [2.05, 4.69) is 34.6 Å². The van der Waals surface area contributed by atoms with Gasteiger partial charge in [-0.1, -0.05) is 52.3 Å². The third kappa shape index (κ3) is 8.47. The standard InChI is InChI=1S/C24H32ClFO2S/c1-16(2)14-27-21-11-20(26)12-22(13-21)29-9-8-18(5)15-28-24-10-19(17(3)4)6-7-23(24)25/h6-7,10-13,16-18H,8-9,14-15H2,1-5H3. The molecule has 2 rings (SSSR count). The lowest BCUT2D eigenvalue weighted by atomic mass is 10.0. The lowest BCUT2D eigenvalue weighted by molar-refractivity contribution is 0.257. The first-order chi connectivity index (χ1) is 13.7. The highest BCUT2D eigenvalue weighted by Gasteiger charge is 2.10. The van der Waals surface area contributed by atoms with Gasteiger partial charge in [0.25, 0.3) is 0 Å². The maximum absolute atomic E-state index is 13.8. The predicted octanol–water partition coefficient (Wildman–Crippen LogP) is 7.83. The summed E-state index contributed by atoms with van der Waals surface area (Å²) in [7, 11) is 0. The quantitative estimate of drug-likeness (QED) is 0.333. The number of hydrogen-bond donors (Lipinski definition) is 0. The Hall–Kier alpha value is -1.39. The molecule has 0 amide bonds. The molecule has 2 aromatic rings. The van der Waals surface area contributed by atoms with E-state index < -0.39 is 0 Å². The second kappa shape index (κ2) is 11.7. The molecule has 0 heterocycles. The summed E-state index contributed by atoms with van der Waals surface area (Å²) in [4.78, 5) is 0.893. The molecule has 1 unspecified atom stereocenters. The van der Waals surface area contributed by atoms with Gasteiger partial charge in [-0.15, -0.1) is 11.8 Å². The van der Waals surface area contributed by atoms with Crippen LogP contribution >= 0.6 is 23.4 Å². The molecule has 2 nitrogen and oxygen atoms in total. The summed E-state index contributed by atoms with van der Waals surface area (Å²) < 4.78 is 25.5. The van der Waals surface area contributed by atoms with Crippen molar-refractivity contribution in [2.45, 2.75) is 51.9 Å². The van der Waals surface area contributed by atoms with Crippen LogP contribution in [0.4, 0.5) is 4.39 Å². The van der Waals surface area contributed by atoms with Crippen LogP contribution in [-0.4, -0.2) is 19.0 Å². The molecule has 160 valence electrons. The smallest absolute Gasteiger partial charge is 0.138 e. The monoisotopic (exact) mass is 438 g/mol. The minimum atomic E-state index is -0.259. The molecule has 0 saturated heterocycles. The zero-order valence-electron chi connectivity index (χ0n) is 18.0. The predicted molar refractivity (Wildman–Crippen MR) is 122 cm³/mol. The van der Waals surface area contributed by atoms with Crippen molar-refractivity contribution in [3.05, 3.63) is 52.8 Å². The fourth-order valence-corrected chi connectivity index (χ4v) is 3.97. The van der Waals surface area contributed by atoms with Crippen molar-refractivity contribution in [1.29, 1.82) is 0 Å². The van der Waals surface area contributed by atoms with E-state index in [1.165, 1.54) is 11.6 Å². The molecule has 0 saturated carbocycles. The topological polar surface area (TPSA) is 18.5 Å². The Labute approximate surface area is 184 Å². The van der Waals surface area contributed by atoms with Crippen molar-refractivity contribution in [2.75, 3.05) is 19.0 Å². The Morgan fingerprint density at radius 1 is 0.966 bits per heavy atom. The molecule has 29 heavy (non-hydrogen) atoms. The second-order valence-corrected chi connectivity index (χ2v) is 9.80. The van der Waals surface area contributed by atoms with Gasteiger partial charge < -0.3 is 9.47 Å². The Balaban J connectivity index is 1.81. The van der Waals surface area contributed by atoms with Crippen LogP contribution in [0.5, 0.6) is 11.5 Å². The van der Waals surface area contributed by atoms with E-state index in [4.69, 9.17) is 21.1 Å². The van der Waals surface area contributed by atoms with E-state index in [1.54, 1.807) is 17.8 Å². The Morgan fingerprint density at radius 2 is 1.72 bits per heavy atom. The maximum atomic E-state index is 13.8. The van der Waals surface area contributed by atoms with Gasteiger partial charge in [0.15, 0.2) is 0 Å². The number of ether oxygens (including phenoxy) is 2. The van der Waals surface area contributed by atoms with E-state index in [0.29, 0.717) is 41.7 Å². The van der Waals surface area contributed by atoms with Gasteiger partial charge in [0, 0.05) is 11.0 Å². The van der Waals surface area contributed by atoms with E-state index in [1.807, 2.05) is 24.3 Å². The molecule has 0 N–H and O–H groups in total. The summed E-state index contributed by atoms with van der Waals surface area (Å²) in [6, 6.07) is 10.9. The van der Waals surface area contributed by atoms with E-state index in [9.17, 15) is 4.39 Å². The van der Waals surface area contributed by atoms with Gasteiger partial charge in [0.2, 0.25) is 0 Å². The molecule has 0 aliphatic carbocycles. The second-order valence-electron chi connectivity index (χ2n) is 8.23. The third-order valence-electron chi connectivity index (χ3n) is 4.45. The van der Waals surface area contributed by atoms with Crippen LogP contribution in [0.1, 0.15) is 52.5 Å². The number of benzene rings is 2. The lowest BCUT2D eigenvalue weighted by Gasteiger charge is -2.16. The highest BCUT2D eigenvalue weighted by Crippen LogP contribution is 2.30. The van der Waals surface area contributed by atoms with Crippen molar-refractivity contribution >= 4 is 23.4 Å². The zero-order chi connectivity index (χ0) is 21.4. The highest BCUT2D eigenvalue weighted by atomic mass is 35.5. The van der Waals surface area contributed by atoms with E-state index in [-0.39, 0.29) is 5.82 Å². The summed E-state index contributed by atoms with van der Waals surface area (Å²) >= 11 is 7.91. The third-order valence-corrected chi connectivity index (χ3v) is 5.77. The van der Waals surface area contributed by atoms with Gasteiger partial charge in [-0.2, -0.15) is 0 Å². The van der Waals surface area contributed by atoms with Crippen molar-refractivity contribution in [3.8, 4) is 11.5 Å². The molecule has 0 spiro atoms. The fraction of sp³-hybridized carbons (Fsp3) is 0.500. The Kier molecular flexibility index (Phi) is 9.64. The van der Waals surface area contributed by atoms with Crippen LogP contribution in [-0.2, 0) is 0 Å². The molecule has 1 atom stereocenters. The molecule has 0 aromatic heterocycles. The number of hydrogen-bond acceptors (Lipinski definition) is 3. The summed E-state index contributed by atoms with van der Waals surface area (Å²) in [5, 5.41) is 0.643. The first-order valence-electron chi connectivity index (χ1n) is 10.2. The summed E-state index contributed by atoms with van der Waals surface area (Å²) in [5.74, 6) is 3.18. The molecule has 0 aliphatic rings. The molecular formula is C24H32ClFO2S. The summed E-state index contributed by atoms with van der Waals surface area (Å²) in [5.41, 5.74) is 1.22. The zero-order valence-corrected chi connectivity index (χ0v) is 19.6. The number of thioether (sulfide) groups is 1. The van der Waals surface area contributed by atoms with Crippen LogP contribution in [0.15, 0.2) is 41.3 Å². The first-order valence-corrected chi connectivity index (χ1v) is 11.6. The van der Waals surface area contributed by atoms with Crippen LogP contribution in [0, 0.1) is 17.7 Å². The van der Waals surface area contributed by atoms with Crippen LogP contribution in [0.3, 0.4) is 0 Å². The minimum Gasteiger partial charge on any atom is -0.493 e. The molecule has 0 fully saturated rings. The number of halogens is 2. The van der Waals surface area contributed by atoms with Gasteiger partial charge in [-0.05, 0) is 59.8 Å². The highest BCUT2D eigenvalue weighted by molar-refractivity contribution is 7.99. The molecule has 0 aliphatic heterocycles. The lowest BCUT2D eigenvalue weighted by Crippen LogP contribution is -2.10. The molecule has 5 heteroatoms. The van der Waals surface area contributed by atoms with Crippen LogP contribution in [0.25, 0.3) is 0 Å². The van der Waals surface area contributed by atoms with Crippen molar-refractivity contribution in [2.24, 2.45) is 11.8 Å². The minimum absolute atomic E-state index is 0.259. The van der Waals surface area contributed by atoms with Gasteiger partial charge in [0.05, 0.1) is 18.2 Å². The van der Waals surface area contributed by atoms with Crippen molar-refractivity contribution in [1.82, 2.24) is 0 Å². The Morgan fingerprint density at radius 3 is 2.41 bits per heavy atom. The van der Waals surface area contributed by atoms with Gasteiger partial charge in [-0.3, -0.25) is 0 Å². The normalized spacial score (nSPS) is 12.4. The first kappa shape index (κ1) is 23.9. The molecule has 0 radical (unpaired) electrons. The average molecular weight is 439 g/mol. The SMILES string of the molecule is CC(C)COc1cc(F)cc(SCCC(C)COc2cc(C(C)C)ccc2Cl)c1. The maximum Gasteiger partial charge on any atom is 0.138 e. The van der Waals surface area contributed by atoms with Crippen molar-refractivity contribution < 1.29 is 13.9 Å². The average Bonchev–Trinajstić information content (AvgIpc) is 2.65. The largest absolute Gasteiger partial charge is 0.493 e. The van der Waals surface area contributed by atoms with Gasteiger partial charge >= 0.3 is 0 Å². The van der Waals surface area contributed by atoms with E-state index >= 15 is 0 Å². The Bertz CT molecular complexity index is 779. The molecule has 2 aromatic carbocycles. The van der Waals surface area contributed by atoms with Crippen molar-refractivity contribution in [3.63, 3.8) is 0 Å².